The zero-order chi connectivity index (χ0) is 24.2. The molecule has 0 unspecified atom stereocenters. The predicted octanol–water partition coefficient (Wildman–Crippen LogP) is 6.44. The van der Waals surface area contributed by atoms with Crippen molar-refractivity contribution in [3.05, 3.63) is 23.3 Å². The number of rotatable bonds is 4. The summed E-state index contributed by atoms with van der Waals surface area (Å²) in [7, 11) is 0. The number of aliphatic hydroxyl groups excluding tert-OH is 2. The standard InChI is InChI=1S/C30H48O3/c1-18(2)9-10-21(31)19(3)20-13-15-27(6)23-12-11-22-26(4,5)24(32)14-16-28(22,7)30(23)25(33-30)17-29(20,27)8/h9,12,19-22,24-25,31-32H,10-11,13-17H2,1-8H3/t19-,20+,21+,22-,24-,25+,27-,28-,29+,30-/m0/s1. The average Bonchev–Trinajstić information content (AvgIpc) is 3.37. The third kappa shape index (κ3) is 2.85. The smallest absolute Gasteiger partial charge is 0.122 e. The van der Waals surface area contributed by atoms with Crippen LogP contribution in [0.15, 0.2) is 23.3 Å². The third-order valence-corrected chi connectivity index (χ3v) is 12.2. The highest BCUT2D eigenvalue weighted by Crippen LogP contribution is 2.80. The summed E-state index contributed by atoms with van der Waals surface area (Å²) in [6, 6.07) is 0. The number of epoxide rings is 1. The minimum Gasteiger partial charge on any atom is -0.393 e. The highest BCUT2D eigenvalue weighted by Gasteiger charge is 2.81. The van der Waals surface area contributed by atoms with E-state index in [1.807, 2.05) is 0 Å². The van der Waals surface area contributed by atoms with E-state index in [1.165, 1.54) is 18.4 Å². The molecule has 33 heavy (non-hydrogen) atoms. The number of aliphatic hydroxyl groups is 2. The molecule has 186 valence electrons. The van der Waals surface area contributed by atoms with Gasteiger partial charge in [0.2, 0.25) is 0 Å². The molecule has 0 amide bonds. The summed E-state index contributed by atoms with van der Waals surface area (Å²) >= 11 is 0. The van der Waals surface area contributed by atoms with E-state index in [1.54, 1.807) is 5.57 Å². The van der Waals surface area contributed by atoms with Crippen molar-refractivity contribution < 1.29 is 14.9 Å². The molecule has 1 spiro atoms. The van der Waals surface area contributed by atoms with Crippen LogP contribution in [0.5, 0.6) is 0 Å². The van der Waals surface area contributed by atoms with Gasteiger partial charge in [0, 0.05) is 5.41 Å². The Balaban J connectivity index is 1.50. The van der Waals surface area contributed by atoms with Crippen LogP contribution in [0.4, 0.5) is 0 Å². The molecule has 5 rings (SSSR count). The van der Waals surface area contributed by atoms with Gasteiger partial charge in [-0.2, -0.15) is 0 Å². The van der Waals surface area contributed by atoms with Crippen LogP contribution in [0.2, 0.25) is 0 Å². The van der Waals surface area contributed by atoms with Gasteiger partial charge in [0.05, 0.1) is 18.3 Å². The second-order valence-corrected chi connectivity index (χ2v) is 14.1. The maximum absolute atomic E-state index is 11.1. The lowest BCUT2D eigenvalue weighted by atomic mass is 9.40. The van der Waals surface area contributed by atoms with E-state index in [2.05, 4.69) is 67.5 Å². The summed E-state index contributed by atoms with van der Waals surface area (Å²) in [5.41, 5.74) is 3.05. The molecule has 2 N–H and O–H groups in total. The molecular weight excluding hydrogens is 408 g/mol. The van der Waals surface area contributed by atoms with Gasteiger partial charge in [-0.15, -0.1) is 0 Å². The lowest BCUT2D eigenvalue weighted by molar-refractivity contribution is -0.129. The maximum Gasteiger partial charge on any atom is 0.122 e. The Hall–Kier alpha value is -0.640. The Kier molecular flexibility index (Phi) is 5.25. The molecule has 3 nitrogen and oxygen atoms in total. The minimum atomic E-state index is -0.279. The number of hydrogen-bond donors (Lipinski definition) is 2. The number of hydrogen-bond acceptors (Lipinski definition) is 3. The van der Waals surface area contributed by atoms with E-state index in [0.717, 1.165) is 32.1 Å². The van der Waals surface area contributed by atoms with Crippen LogP contribution in [0, 0.1) is 39.4 Å². The fraction of sp³-hybridized carbons (Fsp3) is 0.867. The molecule has 0 aromatic rings. The second kappa shape index (κ2) is 7.20. The van der Waals surface area contributed by atoms with E-state index < -0.39 is 0 Å². The van der Waals surface area contributed by atoms with Crippen LogP contribution in [-0.4, -0.2) is 34.1 Å². The Labute approximate surface area is 202 Å². The molecule has 0 bridgehead atoms. The molecule has 0 aromatic carbocycles. The molecule has 1 saturated heterocycles. The quantitative estimate of drug-likeness (QED) is 0.378. The minimum absolute atomic E-state index is 0.0797. The van der Waals surface area contributed by atoms with Crippen LogP contribution in [0.1, 0.15) is 100 Å². The van der Waals surface area contributed by atoms with Gasteiger partial charge < -0.3 is 14.9 Å². The van der Waals surface area contributed by atoms with E-state index in [9.17, 15) is 10.2 Å². The first kappa shape index (κ1) is 24.1. The van der Waals surface area contributed by atoms with Crippen molar-refractivity contribution in [1.29, 1.82) is 0 Å². The lowest BCUT2D eigenvalue weighted by Gasteiger charge is -2.62. The van der Waals surface area contributed by atoms with Crippen molar-refractivity contribution in [1.82, 2.24) is 0 Å². The molecule has 1 heterocycles. The molecule has 3 saturated carbocycles. The fourth-order valence-electron chi connectivity index (χ4n) is 9.83. The van der Waals surface area contributed by atoms with Crippen LogP contribution >= 0.6 is 0 Å². The molecule has 5 aliphatic rings. The normalized spacial score (nSPS) is 51.3. The summed E-state index contributed by atoms with van der Waals surface area (Å²) in [5, 5.41) is 21.9. The molecule has 0 radical (unpaired) electrons. The van der Waals surface area contributed by atoms with E-state index in [-0.39, 0.29) is 45.4 Å². The molecule has 1 aliphatic heterocycles. The van der Waals surface area contributed by atoms with E-state index in [0.29, 0.717) is 17.9 Å². The Morgan fingerprint density at radius 3 is 2.48 bits per heavy atom. The van der Waals surface area contributed by atoms with Crippen LogP contribution in [0.3, 0.4) is 0 Å². The second-order valence-electron chi connectivity index (χ2n) is 14.1. The number of fused-ring (bicyclic) bond motifs is 3. The van der Waals surface area contributed by atoms with Gasteiger partial charge >= 0.3 is 0 Å². The van der Waals surface area contributed by atoms with Gasteiger partial charge in [-0.3, -0.25) is 0 Å². The van der Waals surface area contributed by atoms with Crippen LogP contribution in [-0.2, 0) is 4.74 Å². The molecule has 0 aromatic heterocycles. The Morgan fingerprint density at radius 1 is 1.12 bits per heavy atom. The van der Waals surface area contributed by atoms with Crippen LogP contribution < -0.4 is 0 Å². The summed E-state index contributed by atoms with van der Waals surface area (Å²) in [6.07, 6.45) is 11.8. The van der Waals surface area contributed by atoms with Gasteiger partial charge in [0.25, 0.3) is 0 Å². The number of ether oxygens (including phenoxy) is 1. The highest BCUT2D eigenvalue weighted by molar-refractivity contribution is 5.47. The zero-order valence-electron chi connectivity index (χ0n) is 22.4. The molecule has 3 heteroatoms. The molecular formula is C30H48O3. The average molecular weight is 457 g/mol. The van der Waals surface area contributed by atoms with E-state index in [4.69, 9.17) is 4.74 Å². The maximum atomic E-state index is 11.1. The first-order valence-corrected chi connectivity index (χ1v) is 13.6. The zero-order valence-corrected chi connectivity index (χ0v) is 22.4. The van der Waals surface area contributed by atoms with Crippen molar-refractivity contribution in [2.75, 3.05) is 0 Å². The fourth-order valence-corrected chi connectivity index (χ4v) is 9.83. The van der Waals surface area contributed by atoms with Crippen molar-refractivity contribution in [3.8, 4) is 0 Å². The first-order valence-electron chi connectivity index (χ1n) is 13.6. The summed E-state index contributed by atoms with van der Waals surface area (Å²) in [4.78, 5) is 0. The summed E-state index contributed by atoms with van der Waals surface area (Å²) in [6.45, 7) is 18.6. The first-order chi connectivity index (χ1) is 15.3. The van der Waals surface area contributed by atoms with E-state index >= 15 is 0 Å². The predicted molar refractivity (Wildman–Crippen MR) is 134 cm³/mol. The molecule has 4 aliphatic carbocycles. The Morgan fingerprint density at radius 2 is 1.82 bits per heavy atom. The molecule has 10 atom stereocenters. The van der Waals surface area contributed by atoms with Crippen molar-refractivity contribution in [3.63, 3.8) is 0 Å². The van der Waals surface area contributed by atoms with Gasteiger partial charge in [-0.1, -0.05) is 59.3 Å². The SMILES string of the molecule is CC(C)=CC[C@@H](O)[C@@H](C)[C@H]1CC[C@@]2(C)C3=CC[C@H]4C(C)(C)[C@@H](O)CC[C@]4(C)[C@]34O[C@@H]4C[C@]12C. The van der Waals surface area contributed by atoms with Crippen molar-refractivity contribution in [2.45, 2.75) is 124 Å². The monoisotopic (exact) mass is 456 g/mol. The Bertz CT molecular complexity index is 883. The van der Waals surface area contributed by atoms with Gasteiger partial charge in [0.1, 0.15) is 5.60 Å². The number of allylic oxidation sites excluding steroid dienone is 2. The van der Waals surface area contributed by atoms with Gasteiger partial charge in [-0.25, -0.2) is 0 Å². The highest BCUT2D eigenvalue weighted by atomic mass is 16.6. The van der Waals surface area contributed by atoms with Gasteiger partial charge in [-0.05, 0) is 98.4 Å². The van der Waals surface area contributed by atoms with Gasteiger partial charge in [0.15, 0.2) is 0 Å². The summed E-state index contributed by atoms with van der Waals surface area (Å²) < 4.78 is 6.88. The van der Waals surface area contributed by atoms with Crippen molar-refractivity contribution in [2.24, 2.45) is 39.4 Å². The topological polar surface area (TPSA) is 53.0 Å². The largest absolute Gasteiger partial charge is 0.393 e. The van der Waals surface area contributed by atoms with Crippen LogP contribution in [0.25, 0.3) is 0 Å². The lowest BCUT2D eigenvalue weighted by Crippen LogP contribution is -2.62. The molecule has 4 fully saturated rings. The van der Waals surface area contributed by atoms with Crippen molar-refractivity contribution >= 4 is 0 Å². The summed E-state index contributed by atoms with van der Waals surface area (Å²) in [5.74, 6) is 1.26. The third-order valence-electron chi connectivity index (χ3n) is 12.2.